The number of aliphatic hydroxyl groups is 1. The van der Waals surface area contributed by atoms with Crippen molar-refractivity contribution in [3.63, 3.8) is 0 Å². The molecule has 0 amide bonds. The standard InChI is InChI=1S/C15H23NO/c1-12(14-5-3-2-4-6-14)16-15-9-7-13(11-17)8-10-15/h7-10,12,14,16-17H,2-6,11H2,1H3. The number of nitrogens with one attached hydrogen (secondary N) is 1. The number of hydrogen-bond donors (Lipinski definition) is 2. The lowest BCUT2D eigenvalue weighted by Crippen LogP contribution is -2.27. The summed E-state index contributed by atoms with van der Waals surface area (Å²) in [5.74, 6) is 0.821. The molecule has 1 unspecified atom stereocenters. The van der Waals surface area contributed by atoms with Crippen molar-refractivity contribution in [3.8, 4) is 0 Å². The molecule has 2 rings (SSSR count). The van der Waals surface area contributed by atoms with Crippen LogP contribution < -0.4 is 5.32 Å². The summed E-state index contributed by atoms with van der Waals surface area (Å²) in [5.41, 5.74) is 2.14. The summed E-state index contributed by atoms with van der Waals surface area (Å²) < 4.78 is 0. The van der Waals surface area contributed by atoms with Crippen LogP contribution in [0.15, 0.2) is 24.3 Å². The van der Waals surface area contributed by atoms with Crippen LogP contribution >= 0.6 is 0 Å². The van der Waals surface area contributed by atoms with E-state index in [1.807, 2.05) is 12.1 Å². The van der Waals surface area contributed by atoms with Gasteiger partial charge in [-0.05, 0) is 43.4 Å². The molecule has 0 spiro atoms. The minimum absolute atomic E-state index is 0.123. The zero-order valence-electron chi connectivity index (χ0n) is 10.7. The highest BCUT2D eigenvalue weighted by Gasteiger charge is 2.19. The molecule has 0 aliphatic heterocycles. The smallest absolute Gasteiger partial charge is 0.0681 e. The van der Waals surface area contributed by atoms with E-state index in [0.29, 0.717) is 6.04 Å². The highest BCUT2D eigenvalue weighted by Crippen LogP contribution is 2.28. The van der Waals surface area contributed by atoms with Crippen LogP contribution in [-0.4, -0.2) is 11.1 Å². The van der Waals surface area contributed by atoms with Crippen molar-refractivity contribution in [2.24, 2.45) is 5.92 Å². The van der Waals surface area contributed by atoms with E-state index in [1.54, 1.807) is 0 Å². The van der Waals surface area contributed by atoms with Crippen molar-refractivity contribution >= 4 is 5.69 Å². The Hall–Kier alpha value is -1.02. The van der Waals surface area contributed by atoms with Crippen LogP contribution in [0.5, 0.6) is 0 Å². The van der Waals surface area contributed by atoms with Crippen molar-refractivity contribution in [2.75, 3.05) is 5.32 Å². The van der Waals surface area contributed by atoms with Gasteiger partial charge >= 0.3 is 0 Å². The van der Waals surface area contributed by atoms with Gasteiger partial charge in [0.1, 0.15) is 0 Å². The van der Waals surface area contributed by atoms with Crippen molar-refractivity contribution in [2.45, 2.75) is 51.7 Å². The topological polar surface area (TPSA) is 32.3 Å². The Labute approximate surface area is 104 Å². The third-order valence-electron chi connectivity index (χ3n) is 3.89. The summed E-state index contributed by atoms with van der Waals surface area (Å²) in [6.07, 6.45) is 6.92. The Morgan fingerprint density at radius 2 is 1.82 bits per heavy atom. The third-order valence-corrected chi connectivity index (χ3v) is 3.89. The summed E-state index contributed by atoms with van der Waals surface area (Å²) in [4.78, 5) is 0. The SMILES string of the molecule is CC(Nc1ccc(CO)cc1)C1CCCCC1. The Morgan fingerprint density at radius 1 is 1.18 bits per heavy atom. The first-order valence-electron chi connectivity index (χ1n) is 6.76. The minimum Gasteiger partial charge on any atom is -0.392 e. The van der Waals surface area contributed by atoms with Gasteiger partial charge in [-0.3, -0.25) is 0 Å². The molecular weight excluding hydrogens is 210 g/mol. The molecule has 2 nitrogen and oxygen atoms in total. The molecule has 1 aliphatic carbocycles. The van der Waals surface area contributed by atoms with Crippen LogP contribution in [0.3, 0.4) is 0 Å². The summed E-state index contributed by atoms with van der Waals surface area (Å²) >= 11 is 0. The average Bonchev–Trinajstić information content (AvgIpc) is 2.40. The number of benzene rings is 1. The minimum atomic E-state index is 0.123. The van der Waals surface area contributed by atoms with E-state index in [0.717, 1.165) is 11.5 Å². The second-order valence-electron chi connectivity index (χ2n) is 5.19. The fourth-order valence-corrected chi connectivity index (χ4v) is 2.72. The van der Waals surface area contributed by atoms with E-state index < -0.39 is 0 Å². The maximum absolute atomic E-state index is 8.99. The van der Waals surface area contributed by atoms with Gasteiger partial charge in [-0.2, -0.15) is 0 Å². The second-order valence-corrected chi connectivity index (χ2v) is 5.19. The third kappa shape index (κ3) is 3.47. The fraction of sp³-hybridized carbons (Fsp3) is 0.600. The van der Waals surface area contributed by atoms with Crippen molar-refractivity contribution in [1.29, 1.82) is 0 Å². The van der Waals surface area contributed by atoms with Gasteiger partial charge in [0, 0.05) is 11.7 Å². The summed E-state index contributed by atoms with van der Waals surface area (Å²) in [6.45, 7) is 2.41. The van der Waals surface area contributed by atoms with Crippen LogP contribution in [0.1, 0.15) is 44.6 Å². The maximum atomic E-state index is 8.99. The maximum Gasteiger partial charge on any atom is 0.0681 e. The van der Waals surface area contributed by atoms with Gasteiger partial charge in [-0.15, -0.1) is 0 Å². The van der Waals surface area contributed by atoms with Gasteiger partial charge in [-0.1, -0.05) is 31.4 Å². The zero-order valence-corrected chi connectivity index (χ0v) is 10.7. The lowest BCUT2D eigenvalue weighted by molar-refractivity contribution is 0.282. The molecule has 1 fully saturated rings. The largest absolute Gasteiger partial charge is 0.392 e. The summed E-state index contributed by atoms with van der Waals surface area (Å²) in [7, 11) is 0. The van der Waals surface area contributed by atoms with E-state index in [1.165, 1.54) is 37.8 Å². The predicted octanol–water partition coefficient (Wildman–Crippen LogP) is 3.56. The Balaban J connectivity index is 1.89. The molecule has 2 N–H and O–H groups in total. The molecule has 94 valence electrons. The van der Waals surface area contributed by atoms with E-state index in [4.69, 9.17) is 5.11 Å². The molecule has 0 aromatic heterocycles. The van der Waals surface area contributed by atoms with Crippen molar-refractivity contribution < 1.29 is 5.11 Å². The van der Waals surface area contributed by atoms with Gasteiger partial charge in [0.15, 0.2) is 0 Å². The van der Waals surface area contributed by atoms with Gasteiger partial charge in [-0.25, -0.2) is 0 Å². The molecule has 0 saturated heterocycles. The second kappa shape index (κ2) is 6.06. The molecule has 0 heterocycles. The normalized spacial score (nSPS) is 18.9. The van der Waals surface area contributed by atoms with E-state index in [-0.39, 0.29) is 6.61 Å². The molecule has 1 aliphatic rings. The highest BCUT2D eigenvalue weighted by molar-refractivity contribution is 5.45. The van der Waals surface area contributed by atoms with E-state index in [9.17, 15) is 0 Å². The monoisotopic (exact) mass is 233 g/mol. The van der Waals surface area contributed by atoms with Crippen LogP contribution in [0.2, 0.25) is 0 Å². The van der Waals surface area contributed by atoms with Crippen molar-refractivity contribution in [3.05, 3.63) is 29.8 Å². The number of rotatable bonds is 4. The molecule has 2 heteroatoms. The van der Waals surface area contributed by atoms with Gasteiger partial charge in [0.25, 0.3) is 0 Å². The molecule has 1 saturated carbocycles. The fourth-order valence-electron chi connectivity index (χ4n) is 2.72. The van der Waals surface area contributed by atoms with Gasteiger partial charge < -0.3 is 10.4 Å². The van der Waals surface area contributed by atoms with Crippen LogP contribution in [-0.2, 0) is 6.61 Å². The van der Waals surface area contributed by atoms with E-state index >= 15 is 0 Å². The Bertz CT molecular complexity index is 327. The van der Waals surface area contributed by atoms with Crippen LogP contribution in [0, 0.1) is 5.92 Å². The molecule has 1 aromatic carbocycles. The predicted molar refractivity (Wildman–Crippen MR) is 72.0 cm³/mol. The van der Waals surface area contributed by atoms with E-state index in [2.05, 4.69) is 24.4 Å². The lowest BCUT2D eigenvalue weighted by Gasteiger charge is -2.29. The first-order chi connectivity index (χ1) is 8.29. The average molecular weight is 233 g/mol. The molecule has 17 heavy (non-hydrogen) atoms. The van der Waals surface area contributed by atoms with Crippen LogP contribution in [0.4, 0.5) is 5.69 Å². The summed E-state index contributed by atoms with van der Waals surface area (Å²) in [5, 5.41) is 12.6. The molecule has 0 radical (unpaired) electrons. The summed E-state index contributed by atoms with van der Waals surface area (Å²) in [6, 6.07) is 8.64. The lowest BCUT2D eigenvalue weighted by atomic mass is 9.84. The van der Waals surface area contributed by atoms with Gasteiger partial charge in [0.05, 0.1) is 6.61 Å². The van der Waals surface area contributed by atoms with Gasteiger partial charge in [0.2, 0.25) is 0 Å². The Morgan fingerprint density at radius 3 is 2.41 bits per heavy atom. The van der Waals surface area contributed by atoms with Crippen molar-refractivity contribution in [1.82, 2.24) is 0 Å². The quantitative estimate of drug-likeness (QED) is 0.833. The molecule has 1 aromatic rings. The first kappa shape index (κ1) is 12.4. The molecular formula is C15H23NO. The molecule has 1 atom stereocenters. The molecule has 0 bridgehead atoms. The zero-order chi connectivity index (χ0) is 12.1. The number of aliphatic hydroxyl groups excluding tert-OH is 1. The van der Waals surface area contributed by atoms with Crippen LogP contribution in [0.25, 0.3) is 0 Å². The first-order valence-corrected chi connectivity index (χ1v) is 6.76. The highest BCUT2D eigenvalue weighted by atomic mass is 16.3. The number of anilines is 1. The number of hydrogen-bond acceptors (Lipinski definition) is 2. The Kier molecular flexibility index (Phi) is 4.43.